The smallest absolute Gasteiger partial charge is 0.434 e. The van der Waals surface area contributed by atoms with Gasteiger partial charge in [-0.15, -0.1) is 0 Å². The van der Waals surface area contributed by atoms with Crippen LogP contribution in [-0.4, -0.2) is 25.0 Å². The molecule has 0 aliphatic carbocycles. The van der Waals surface area contributed by atoms with Crippen LogP contribution in [0, 0.1) is 0 Å². The van der Waals surface area contributed by atoms with Gasteiger partial charge in [-0.05, 0) is 50.6 Å². The lowest BCUT2D eigenvalue weighted by molar-refractivity contribution is 0.0605. The first-order chi connectivity index (χ1) is 7.90. The molecule has 0 bridgehead atoms. The van der Waals surface area contributed by atoms with E-state index < -0.39 is 11.7 Å². The van der Waals surface area contributed by atoms with Gasteiger partial charge in [0, 0.05) is 6.21 Å². The maximum Gasteiger partial charge on any atom is 0.434 e. The van der Waals surface area contributed by atoms with Gasteiger partial charge in [0.05, 0.1) is 7.11 Å². The topological polar surface area (TPSA) is 47.9 Å². The number of methoxy groups -OCH3 is 1. The van der Waals surface area contributed by atoms with Gasteiger partial charge in [-0.25, -0.2) is 4.79 Å². The van der Waals surface area contributed by atoms with E-state index in [-0.39, 0.29) is 0 Å². The number of hydrogen-bond donors (Lipinski definition) is 0. The van der Waals surface area contributed by atoms with Crippen LogP contribution in [0.2, 0.25) is 0 Å². The summed E-state index contributed by atoms with van der Waals surface area (Å²) in [5.74, 6) is 0.763. The fourth-order valence-corrected chi connectivity index (χ4v) is 1.11. The van der Waals surface area contributed by atoms with Crippen LogP contribution >= 0.6 is 0 Å². The third-order valence-corrected chi connectivity index (χ3v) is 1.83. The van der Waals surface area contributed by atoms with E-state index in [9.17, 15) is 4.79 Å². The van der Waals surface area contributed by atoms with Crippen LogP contribution in [-0.2, 0) is 4.74 Å². The van der Waals surface area contributed by atoms with Crippen molar-refractivity contribution in [3.63, 3.8) is 0 Å². The van der Waals surface area contributed by atoms with Crippen molar-refractivity contribution in [2.75, 3.05) is 7.11 Å². The van der Waals surface area contributed by atoms with Crippen LogP contribution in [0.4, 0.5) is 4.79 Å². The van der Waals surface area contributed by atoms with Crippen molar-refractivity contribution in [2.45, 2.75) is 26.4 Å². The molecular formula is C13H17NO3. The summed E-state index contributed by atoms with van der Waals surface area (Å²) in [5.41, 5.74) is 0.297. The van der Waals surface area contributed by atoms with Gasteiger partial charge in [-0.1, -0.05) is 0 Å². The predicted octanol–water partition coefficient (Wildman–Crippen LogP) is 3.05. The Kier molecular flexibility index (Phi) is 4.26. The Morgan fingerprint density at radius 1 is 1.24 bits per heavy atom. The molecule has 1 amide bonds. The minimum Gasteiger partial charge on any atom is -0.497 e. The van der Waals surface area contributed by atoms with E-state index in [1.165, 1.54) is 6.21 Å². The van der Waals surface area contributed by atoms with Gasteiger partial charge in [0.2, 0.25) is 0 Å². The zero-order valence-electron chi connectivity index (χ0n) is 10.6. The van der Waals surface area contributed by atoms with E-state index in [1.54, 1.807) is 40.0 Å². The quantitative estimate of drug-likeness (QED) is 0.740. The number of nitrogens with zero attached hydrogens (tertiary/aromatic N) is 1. The van der Waals surface area contributed by atoms with Crippen molar-refractivity contribution in [1.29, 1.82) is 0 Å². The van der Waals surface area contributed by atoms with Gasteiger partial charge in [-0.2, -0.15) is 4.99 Å². The normalized spacial score (nSPS) is 11.5. The van der Waals surface area contributed by atoms with Gasteiger partial charge in [0.15, 0.2) is 0 Å². The molecular weight excluding hydrogens is 218 g/mol. The molecule has 0 N–H and O–H groups in total. The maximum absolute atomic E-state index is 11.3. The lowest BCUT2D eigenvalue weighted by atomic mass is 10.2. The van der Waals surface area contributed by atoms with Gasteiger partial charge in [0.1, 0.15) is 11.4 Å². The number of hydrogen-bond acceptors (Lipinski definition) is 3. The molecule has 0 fully saturated rings. The van der Waals surface area contributed by atoms with Gasteiger partial charge in [-0.3, -0.25) is 0 Å². The first-order valence-corrected chi connectivity index (χ1v) is 5.32. The summed E-state index contributed by atoms with van der Waals surface area (Å²) in [7, 11) is 1.60. The van der Waals surface area contributed by atoms with Crippen molar-refractivity contribution in [3.05, 3.63) is 29.8 Å². The first-order valence-electron chi connectivity index (χ1n) is 5.32. The molecule has 1 aromatic rings. The lowest BCUT2D eigenvalue weighted by Crippen LogP contribution is -2.21. The molecule has 4 nitrogen and oxygen atoms in total. The molecule has 0 spiro atoms. The Morgan fingerprint density at radius 3 is 2.29 bits per heavy atom. The second kappa shape index (κ2) is 5.48. The number of amides is 1. The summed E-state index contributed by atoms with van der Waals surface area (Å²) >= 11 is 0. The number of ether oxygens (including phenoxy) is 2. The summed E-state index contributed by atoms with van der Waals surface area (Å²) in [6.45, 7) is 5.40. The molecule has 1 aromatic carbocycles. The van der Waals surface area contributed by atoms with Crippen LogP contribution < -0.4 is 4.74 Å². The van der Waals surface area contributed by atoms with Crippen LogP contribution in [0.3, 0.4) is 0 Å². The van der Waals surface area contributed by atoms with E-state index in [2.05, 4.69) is 4.99 Å². The number of carbonyl (C=O) groups excluding carboxylic acids is 1. The minimum absolute atomic E-state index is 0.520. The first kappa shape index (κ1) is 13.2. The molecule has 0 aliphatic rings. The Bertz CT molecular complexity index is 402. The number of rotatable bonds is 2. The fourth-order valence-electron chi connectivity index (χ4n) is 1.11. The SMILES string of the molecule is COc1ccc(/C=N\C(=O)OC(C)(C)C)cc1. The van der Waals surface area contributed by atoms with Gasteiger partial charge >= 0.3 is 6.09 Å². The second-order valence-electron chi connectivity index (χ2n) is 4.51. The summed E-state index contributed by atoms with van der Waals surface area (Å²) in [4.78, 5) is 15.0. The van der Waals surface area contributed by atoms with Crippen molar-refractivity contribution in [3.8, 4) is 5.75 Å². The highest BCUT2D eigenvalue weighted by Gasteiger charge is 2.14. The number of carbonyl (C=O) groups is 1. The van der Waals surface area contributed by atoms with E-state index in [0.717, 1.165) is 11.3 Å². The van der Waals surface area contributed by atoms with Crippen LogP contribution in [0.25, 0.3) is 0 Å². The molecule has 4 heteroatoms. The Morgan fingerprint density at radius 2 is 1.82 bits per heavy atom. The summed E-state index contributed by atoms with van der Waals surface area (Å²) < 4.78 is 10.1. The van der Waals surface area contributed by atoms with Gasteiger partial charge in [0.25, 0.3) is 0 Å². The summed E-state index contributed by atoms with van der Waals surface area (Å²) in [6.07, 6.45) is 0.876. The monoisotopic (exact) mass is 235 g/mol. The Labute approximate surface area is 101 Å². The molecule has 0 atom stereocenters. The molecule has 1 rings (SSSR count). The van der Waals surface area contributed by atoms with Gasteiger partial charge < -0.3 is 9.47 Å². The van der Waals surface area contributed by atoms with Crippen molar-refractivity contribution < 1.29 is 14.3 Å². The third-order valence-electron chi connectivity index (χ3n) is 1.83. The van der Waals surface area contributed by atoms with E-state index in [0.29, 0.717) is 0 Å². The summed E-state index contributed by atoms with van der Waals surface area (Å²) in [6, 6.07) is 7.23. The molecule has 92 valence electrons. The fraction of sp³-hybridized carbons (Fsp3) is 0.385. The number of aliphatic imine (C=N–C) groups is 1. The molecule has 0 aliphatic heterocycles. The molecule has 0 saturated carbocycles. The molecule has 0 aromatic heterocycles. The standard InChI is InChI=1S/C13H17NO3/c1-13(2,3)17-12(15)14-9-10-5-7-11(16-4)8-6-10/h5-9H,1-4H3/b14-9-. The van der Waals surface area contributed by atoms with Crippen LogP contribution in [0.15, 0.2) is 29.3 Å². The number of benzene rings is 1. The minimum atomic E-state index is -0.590. The highest BCUT2D eigenvalue weighted by molar-refractivity contribution is 5.89. The van der Waals surface area contributed by atoms with E-state index in [4.69, 9.17) is 9.47 Å². The maximum atomic E-state index is 11.3. The average molecular weight is 235 g/mol. The predicted molar refractivity (Wildman–Crippen MR) is 66.8 cm³/mol. The second-order valence-corrected chi connectivity index (χ2v) is 4.51. The Balaban J connectivity index is 2.61. The average Bonchev–Trinajstić information content (AvgIpc) is 2.25. The Hall–Kier alpha value is -1.84. The largest absolute Gasteiger partial charge is 0.497 e. The molecule has 0 saturated heterocycles. The molecule has 0 radical (unpaired) electrons. The van der Waals surface area contributed by atoms with Crippen LogP contribution in [0.5, 0.6) is 5.75 Å². The van der Waals surface area contributed by atoms with E-state index >= 15 is 0 Å². The van der Waals surface area contributed by atoms with Crippen molar-refractivity contribution >= 4 is 12.3 Å². The molecule has 17 heavy (non-hydrogen) atoms. The highest BCUT2D eigenvalue weighted by Crippen LogP contribution is 2.11. The van der Waals surface area contributed by atoms with Crippen molar-refractivity contribution in [1.82, 2.24) is 0 Å². The molecule has 0 unspecified atom stereocenters. The zero-order valence-corrected chi connectivity index (χ0v) is 10.6. The van der Waals surface area contributed by atoms with Crippen molar-refractivity contribution in [2.24, 2.45) is 4.99 Å². The lowest BCUT2D eigenvalue weighted by Gasteiger charge is -2.17. The highest BCUT2D eigenvalue weighted by atomic mass is 16.6. The van der Waals surface area contributed by atoms with Crippen LogP contribution in [0.1, 0.15) is 26.3 Å². The summed E-state index contributed by atoms with van der Waals surface area (Å²) in [5, 5.41) is 0. The molecule has 0 heterocycles. The third kappa shape index (κ3) is 5.15. The van der Waals surface area contributed by atoms with E-state index in [1.807, 2.05) is 12.1 Å². The zero-order chi connectivity index (χ0) is 12.9.